The molecule has 0 bridgehead atoms. The van der Waals surface area contributed by atoms with E-state index in [9.17, 15) is 14.4 Å². The van der Waals surface area contributed by atoms with Gasteiger partial charge < -0.3 is 9.80 Å². The SMILES string of the molecule is CN(C)C(=O)CN(C)C(=O)c1ccc2c(=O)n3c(nc2c1)CCCCC3. The normalized spacial score (nSPS) is 13.8. The fourth-order valence-electron chi connectivity index (χ4n) is 3.19. The zero-order valence-electron chi connectivity index (χ0n) is 15.5. The molecular formula is C19H24N4O3. The van der Waals surface area contributed by atoms with Gasteiger partial charge in [0.2, 0.25) is 5.91 Å². The Hall–Kier alpha value is -2.70. The Labute approximate surface area is 152 Å². The number of likely N-dealkylation sites (N-methyl/N-ethyl adjacent to an activating group) is 2. The first kappa shape index (κ1) is 18.1. The van der Waals surface area contributed by atoms with Gasteiger partial charge in [-0.2, -0.15) is 0 Å². The van der Waals surface area contributed by atoms with E-state index in [2.05, 4.69) is 4.98 Å². The molecule has 2 heterocycles. The van der Waals surface area contributed by atoms with Gasteiger partial charge in [0.05, 0.1) is 17.4 Å². The number of nitrogens with zero attached hydrogens (tertiary/aromatic N) is 4. The van der Waals surface area contributed by atoms with Gasteiger partial charge in [0.1, 0.15) is 5.82 Å². The van der Waals surface area contributed by atoms with Crippen LogP contribution in [0.3, 0.4) is 0 Å². The lowest BCUT2D eigenvalue weighted by molar-refractivity contribution is -0.129. The molecule has 26 heavy (non-hydrogen) atoms. The summed E-state index contributed by atoms with van der Waals surface area (Å²) < 4.78 is 1.76. The molecule has 7 heteroatoms. The van der Waals surface area contributed by atoms with Crippen LogP contribution in [0.4, 0.5) is 0 Å². The van der Waals surface area contributed by atoms with Gasteiger partial charge in [-0.15, -0.1) is 0 Å². The van der Waals surface area contributed by atoms with Crippen LogP contribution in [0.2, 0.25) is 0 Å². The first-order chi connectivity index (χ1) is 12.4. The molecule has 1 aliphatic heterocycles. The van der Waals surface area contributed by atoms with Crippen molar-refractivity contribution in [2.75, 3.05) is 27.7 Å². The fraction of sp³-hybridized carbons (Fsp3) is 0.474. The molecule has 0 saturated heterocycles. The van der Waals surface area contributed by atoms with Gasteiger partial charge in [0.25, 0.3) is 11.5 Å². The lowest BCUT2D eigenvalue weighted by Gasteiger charge is -2.19. The summed E-state index contributed by atoms with van der Waals surface area (Å²) in [7, 11) is 4.90. The highest BCUT2D eigenvalue weighted by atomic mass is 16.2. The van der Waals surface area contributed by atoms with E-state index < -0.39 is 0 Å². The summed E-state index contributed by atoms with van der Waals surface area (Å²) in [6.07, 6.45) is 3.88. The molecule has 1 aromatic carbocycles. The number of rotatable bonds is 3. The monoisotopic (exact) mass is 356 g/mol. The van der Waals surface area contributed by atoms with E-state index >= 15 is 0 Å². The maximum Gasteiger partial charge on any atom is 0.261 e. The summed E-state index contributed by atoms with van der Waals surface area (Å²) in [4.78, 5) is 44.6. The smallest absolute Gasteiger partial charge is 0.261 e. The standard InChI is InChI=1S/C19H24N4O3/c1-21(2)17(24)12-22(3)18(25)13-8-9-14-15(11-13)20-16-7-5-4-6-10-23(16)19(14)26/h8-9,11H,4-7,10,12H2,1-3H3. The zero-order chi connectivity index (χ0) is 18.8. The Bertz CT molecular complexity index is 917. The van der Waals surface area contributed by atoms with Crippen LogP contribution >= 0.6 is 0 Å². The van der Waals surface area contributed by atoms with Gasteiger partial charge in [-0.25, -0.2) is 4.98 Å². The maximum atomic E-state index is 12.7. The highest BCUT2D eigenvalue weighted by Crippen LogP contribution is 2.17. The summed E-state index contributed by atoms with van der Waals surface area (Å²) in [6.45, 7) is 0.706. The average Bonchev–Trinajstić information content (AvgIpc) is 2.86. The Morgan fingerprint density at radius 3 is 2.65 bits per heavy atom. The predicted molar refractivity (Wildman–Crippen MR) is 99.2 cm³/mol. The van der Waals surface area contributed by atoms with Crippen LogP contribution in [0.25, 0.3) is 10.9 Å². The quantitative estimate of drug-likeness (QED) is 0.830. The van der Waals surface area contributed by atoms with E-state index in [1.54, 1.807) is 43.9 Å². The van der Waals surface area contributed by atoms with E-state index in [-0.39, 0.29) is 23.9 Å². The Balaban J connectivity index is 1.95. The van der Waals surface area contributed by atoms with Crippen LogP contribution < -0.4 is 5.56 Å². The molecule has 0 N–H and O–H groups in total. The van der Waals surface area contributed by atoms with Gasteiger partial charge >= 0.3 is 0 Å². The van der Waals surface area contributed by atoms with E-state index in [0.717, 1.165) is 31.5 Å². The molecule has 0 radical (unpaired) electrons. The number of aromatic nitrogens is 2. The molecule has 1 aliphatic rings. The van der Waals surface area contributed by atoms with Crippen molar-refractivity contribution in [1.29, 1.82) is 0 Å². The van der Waals surface area contributed by atoms with Crippen molar-refractivity contribution in [3.8, 4) is 0 Å². The van der Waals surface area contributed by atoms with Crippen molar-refractivity contribution in [3.63, 3.8) is 0 Å². The van der Waals surface area contributed by atoms with Gasteiger partial charge in [-0.05, 0) is 31.0 Å². The fourth-order valence-corrected chi connectivity index (χ4v) is 3.19. The zero-order valence-corrected chi connectivity index (χ0v) is 15.5. The number of carbonyl (C=O) groups excluding carboxylic acids is 2. The molecule has 1 aromatic heterocycles. The van der Waals surface area contributed by atoms with Crippen molar-refractivity contribution in [1.82, 2.24) is 19.4 Å². The van der Waals surface area contributed by atoms with Crippen LogP contribution in [0, 0.1) is 0 Å². The molecule has 0 atom stereocenters. The molecule has 0 saturated carbocycles. The van der Waals surface area contributed by atoms with E-state index in [1.807, 2.05) is 0 Å². The molecule has 138 valence electrons. The Morgan fingerprint density at radius 1 is 1.15 bits per heavy atom. The Kier molecular flexibility index (Phi) is 5.06. The lowest BCUT2D eigenvalue weighted by Crippen LogP contribution is -2.37. The molecule has 7 nitrogen and oxygen atoms in total. The number of carbonyl (C=O) groups is 2. The number of aryl methyl sites for hydroxylation is 1. The number of benzene rings is 1. The second-order valence-electron chi connectivity index (χ2n) is 6.98. The number of hydrogen-bond acceptors (Lipinski definition) is 4. The summed E-state index contributed by atoms with van der Waals surface area (Å²) >= 11 is 0. The highest BCUT2D eigenvalue weighted by molar-refractivity contribution is 5.99. The first-order valence-corrected chi connectivity index (χ1v) is 8.87. The minimum Gasteiger partial charge on any atom is -0.347 e. The third-order valence-electron chi connectivity index (χ3n) is 4.78. The third kappa shape index (κ3) is 3.47. The molecular weight excluding hydrogens is 332 g/mol. The summed E-state index contributed by atoms with van der Waals surface area (Å²) in [6, 6.07) is 4.95. The molecule has 3 rings (SSSR count). The van der Waals surface area contributed by atoms with Crippen molar-refractivity contribution in [2.45, 2.75) is 32.2 Å². The highest BCUT2D eigenvalue weighted by Gasteiger charge is 2.18. The van der Waals surface area contributed by atoms with Gasteiger partial charge in [-0.3, -0.25) is 19.0 Å². The minimum atomic E-state index is -0.265. The van der Waals surface area contributed by atoms with E-state index in [0.29, 0.717) is 23.0 Å². The number of amides is 2. The van der Waals surface area contributed by atoms with Gasteiger partial charge in [-0.1, -0.05) is 6.42 Å². The van der Waals surface area contributed by atoms with Gasteiger partial charge in [0.15, 0.2) is 0 Å². The minimum absolute atomic E-state index is 0.00411. The van der Waals surface area contributed by atoms with E-state index in [1.165, 1.54) is 9.80 Å². The van der Waals surface area contributed by atoms with Crippen LogP contribution in [-0.2, 0) is 17.8 Å². The molecule has 2 aromatic rings. The maximum absolute atomic E-state index is 12.7. The van der Waals surface area contributed by atoms with E-state index in [4.69, 9.17) is 0 Å². The average molecular weight is 356 g/mol. The van der Waals surface area contributed by atoms with Crippen molar-refractivity contribution in [3.05, 3.63) is 39.9 Å². The van der Waals surface area contributed by atoms with Crippen LogP contribution in [0.1, 0.15) is 35.4 Å². The third-order valence-corrected chi connectivity index (χ3v) is 4.78. The predicted octanol–water partition coefficient (Wildman–Crippen LogP) is 1.28. The van der Waals surface area contributed by atoms with Crippen molar-refractivity contribution < 1.29 is 9.59 Å². The topological polar surface area (TPSA) is 75.5 Å². The van der Waals surface area contributed by atoms with Crippen molar-refractivity contribution >= 4 is 22.7 Å². The summed E-state index contributed by atoms with van der Waals surface area (Å²) in [5.41, 5.74) is 0.931. The second-order valence-corrected chi connectivity index (χ2v) is 6.98. The number of fused-ring (bicyclic) bond motifs is 2. The van der Waals surface area contributed by atoms with Gasteiger partial charge in [0, 0.05) is 39.7 Å². The Morgan fingerprint density at radius 2 is 1.92 bits per heavy atom. The molecule has 0 spiro atoms. The molecule has 0 unspecified atom stereocenters. The van der Waals surface area contributed by atoms with Crippen molar-refractivity contribution in [2.24, 2.45) is 0 Å². The largest absolute Gasteiger partial charge is 0.347 e. The second kappa shape index (κ2) is 7.27. The van der Waals surface area contributed by atoms with Crippen LogP contribution in [-0.4, -0.2) is 58.9 Å². The lowest BCUT2D eigenvalue weighted by atomic mass is 10.1. The summed E-state index contributed by atoms with van der Waals surface area (Å²) in [5.74, 6) is 0.378. The number of hydrogen-bond donors (Lipinski definition) is 0. The molecule has 0 fully saturated rings. The van der Waals surface area contributed by atoms with Crippen LogP contribution in [0.15, 0.2) is 23.0 Å². The first-order valence-electron chi connectivity index (χ1n) is 8.87. The molecule has 2 amide bonds. The summed E-state index contributed by atoms with van der Waals surface area (Å²) in [5, 5.41) is 0.527. The molecule has 0 aliphatic carbocycles. The van der Waals surface area contributed by atoms with Crippen LogP contribution in [0.5, 0.6) is 0 Å².